The minimum atomic E-state index is 0.132. The van der Waals surface area contributed by atoms with Crippen LogP contribution in [0, 0.1) is 0 Å². The Balaban J connectivity index is 1.78. The summed E-state index contributed by atoms with van der Waals surface area (Å²) < 4.78 is 1.32. The molecule has 19 heavy (non-hydrogen) atoms. The number of hydrogen-bond acceptors (Lipinski definition) is 3. The zero-order valence-electron chi connectivity index (χ0n) is 11.0. The minimum absolute atomic E-state index is 0.132. The van der Waals surface area contributed by atoms with Crippen LogP contribution in [0.15, 0.2) is 29.6 Å². The highest BCUT2D eigenvalue weighted by molar-refractivity contribution is 7.17. The van der Waals surface area contributed by atoms with E-state index in [2.05, 4.69) is 35.0 Å². The van der Waals surface area contributed by atoms with Gasteiger partial charge < -0.3 is 11.1 Å². The lowest BCUT2D eigenvalue weighted by molar-refractivity contribution is -0.121. The largest absolute Gasteiger partial charge is 0.356 e. The van der Waals surface area contributed by atoms with E-state index in [-0.39, 0.29) is 5.91 Å². The summed E-state index contributed by atoms with van der Waals surface area (Å²) in [7, 11) is 0. The van der Waals surface area contributed by atoms with Gasteiger partial charge in [-0.05, 0) is 48.2 Å². The molecule has 0 fully saturated rings. The van der Waals surface area contributed by atoms with Crippen LogP contribution >= 0.6 is 11.3 Å². The molecule has 102 valence electrons. The lowest BCUT2D eigenvalue weighted by atomic mass is 10.1. The fraction of sp³-hybridized carbons (Fsp3) is 0.400. The van der Waals surface area contributed by atoms with E-state index in [1.54, 1.807) is 11.3 Å². The molecule has 2 rings (SSSR count). The van der Waals surface area contributed by atoms with Gasteiger partial charge in [-0.1, -0.05) is 18.2 Å². The van der Waals surface area contributed by atoms with Crippen molar-refractivity contribution in [3.05, 3.63) is 35.2 Å². The molecule has 0 radical (unpaired) electrons. The number of thiophene rings is 1. The Bertz CT molecular complexity index is 536. The molecule has 1 heterocycles. The molecule has 0 spiro atoms. The van der Waals surface area contributed by atoms with Crippen molar-refractivity contribution >= 4 is 27.3 Å². The van der Waals surface area contributed by atoms with Crippen LogP contribution in [0.4, 0.5) is 0 Å². The molecule has 0 aliphatic heterocycles. The van der Waals surface area contributed by atoms with Gasteiger partial charge in [0.05, 0.1) is 0 Å². The molecule has 3 nitrogen and oxygen atoms in total. The summed E-state index contributed by atoms with van der Waals surface area (Å²) in [4.78, 5) is 11.6. The van der Waals surface area contributed by atoms with Crippen LogP contribution in [0.1, 0.15) is 24.8 Å². The Kier molecular flexibility index (Phi) is 5.36. The summed E-state index contributed by atoms with van der Waals surface area (Å²) in [6.07, 6.45) is 3.30. The van der Waals surface area contributed by atoms with E-state index in [0.29, 0.717) is 19.5 Å². The van der Waals surface area contributed by atoms with E-state index in [9.17, 15) is 4.79 Å². The van der Waals surface area contributed by atoms with E-state index >= 15 is 0 Å². The molecule has 0 aliphatic carbocycles. The molecule has 0 bridgehead atoms. The fourth-order valence-corrected chi connectivity index (χ4v) is 3.08. The van der Waals surface area contributed by atoms with Crippen molar-refractivity contribution in [1.29, 1.82) is 0 Å². The van der Waals surface area contributed by atoms with Crippen molar-refractivity contribution < 1.29 is 4.79 Å². The van der Waals surface area contributed by atoms with Crippen molar-refractivity contribution in [2.45, 2.75) is 25.7 Å². The second-order valence-corrected chi connectivity index (χ2v) is 5.51. The maximum atomic E-state index is 11.6. The third kappa shape index (κ3) is 4.04. The van der Waals surface area contributed by atoms with E-state index in [0.717, 1.165) is 19.3 Å². The Morgan fingerprint density at radius 3 is 2.95 bits per heavy atom. The van der Waals surface area contributed by atoms with Gasteiger partial charge in [0, 0.05) is 17.7 Å². The van der Waals surface area contributed by atoms with E-state index in [1.807, 2.05) is 0 Å². The second-order valence-electron chi connectivity index (χ2n) is 4.60. The minimum Gasteiger partial charge on any atom is -0.356 e. The third-order valence-corrected chi connectivity index (χ3v) is 4.13. The summed E-state index contributed by atoms with van der Waals surface area (Å²) in [5.74, 6) is 0.132. The number of nitrogens with one attached hydrogen (secondary N) is 1. The van der Waals surface area contributed by atoms with Crippen molar-refractivity contribution in [2.24, 2.45) is 5.73 Å². The Morgan fingerprint density at radius 2 is 2.11 bits per heavy atom. The molecule has 0 aliphatic rings. The predicted octanol–water partition coefficient (Wildman–Crippen LogP) is 2.69. The first-order valence-corrected chi connectivity index (χ1v) is 7.61. The zero-order valence-corrected chi connectivity index (χ0v) is 11.8. The van der Waals surface area contributed by atoms with Crippen LogP contribution in [-0.2, 0) is 11.2 Å². The quantitative estimate of drug-likeness (QED) is 0.764. The molecule has 3 N–H and O–H groups in total. The van der Waals surface area contributed by atoms with Crippen LogP contribution in [0.25, 0.3) is 10.1 Å². The second kappa shape index (κ2) is 7.26. The number of aryl methyl sites for hydroxylation is 1. The van der Waals surface area contributed by atoms with Crippen molar-refractivity contribution in [1.82, 2.24) is 5.32 Å². The average Bonchev–Trinajstić information content (AvgIpc) is 2.83. The monoisotopic (exact) mass is 276 g/mol. The SMILES string of the molecule is NCCCNC(=O)CCCc1csc2ccccc12. The summed E-state index contributed by atoms with van der Waals surface area (Å²) in [5.41, 5.74) is 6.74. The first kappa shape index (κ1) is 14.0. The normalized spacial score (nSPS) is 10.8. The van der Waals surface area contributed by atoms with Gasteiger partial charge >= 0.3 is 0 Å². The standard InChI is InChI=1S/C15H20N2OS/c16-9-4-10-17-15(18)8-3-5-12-11-19-14-7-2-1-6-13(12)14/h1-2,6-7,11H,3-5,8-10,16H2,(H,17,18). The summed E-state index contributed by atoms with van der Waals surface area (Å²) in [5, 5.41) is 6.42. The molecular weight excluding hydrogens is 256 g/mol. The highest BCUT2D eigenvalue weighted by Gasteiger charge is 2.05. The van der Waals surface area contributed by atoms with Crippen LogP contribution < -0.4 is 11.1 Å². The van der Waals surface area contributed by atoms with Crippen LogP contribution in [0.2, 0.25) is 0 Å². The Morgan fingerprint density at radius 1 is 1.26 bits per heavy atom. The number of fused-ring (bicyclic) bond motifs is 1. The van der Waals surface area contributed by atoms with Crippen LogP contribution in [0.3, 0.4) is 0 Å². The third-order valence-electron chi connectivity index (χ3n) is 3.11. The zero-order chi connectivity index (χ0) is 13.5. The summed E-state index contributed by atoms with van der Waals surface area (Å²) >= 11 is 1.78. The molecule has 1 aromatic heterocycles. The first-order valence-electron chi connectivity index (χ1n) is 6.73. The average molecular weight is 276 g/mol. The maximum Gasteiger partial charge on any atom is 0.220 e. The number of benzene rings is 1. The van der Waals surface area contributed by atoms with Crippen LogP contribution in [0.5, 0.6) is 0 Å². The van der Waals surface area contributed by atoms with Gasteiger partial charge in [0.1, 0.15) is 0 Å². The molecular formula is C15H20N2OS. The van der Waals surface area contributed by atoms with Crippen molar-refractivity contribution in [2.75, 3.05) is 13.1 Å². The highest BCUT2D eigenvalue weighted by atomic mass is 32.1. The molecule has 0 atom stereocenters. The van der Waals surface area contributed by atoms with Gasteiger partial charge in [-0.3, -0.25) is 4.79 Å². The van der Waals surface area contributed by atoms with Crippen LogP contribution in [-0.4, -0.2) is 19.0 Å². The summed E-state index contributed by atoms with van der Waals surface area (Å²) in [6, 6.07) is 8.43. The molecule has 0 saturated heterocycles. The van der Waals surface area contributed by atoms with E-state index in [1.165, 1.54) is 15.6 Å². The molecule has 4 heteroatoms. The first-order chi connectivity index (χ1) is 9.31. The molecule has 0 saturated carbocycles. The van der Waals surface area contributed by atoms with E-state index < -0.39 is 0 Å². The number of carbonyl (C=O) groups is 1. The number of nitrogens with two attached hydrogens (primary N) is 1. The molecule has 2 aromatic rings. The highest BCUT2D eigenvalue weighted by Crippen LogP contribution is 2.26. The van der Waals surface area contributed by atoms with Gasteiger partial charge in [0.25, 0.3) is 0 Å². The molecule has 1 amide bonds. The van der Waals surface area contributed by atoms with Gasteiger partial charge in [-0.25, -0.2) is 0 Å². The lowest BCUT2D eigenvalue weighted by Gasteiger charge is -2.04. The number of amides is 1. The van der Waals surface area contributed by atoms with Crippen molar-refractivity contribution in [3.8, 4) is 0 Å². The Hall–Kier alpha value is -1.39. The summed E-state index contributed by atoms with van der Waals surface area (Å²) in [6.45, 7) is 1.32. The predicted molar refractivity (Wildman–Crippen MR) is 81.4 cm³/mol. The molecule has 1 aromatic carbocycles. The number of hydrogen-bond donors (Lipinski definition) is 2. The van der Waals surface area contributed by atoms with Gasteiger partial charge in [0.2, 0.25) is 5.91 Å². The number of rotatable bonds is 7. The Labute approximate surface area is 117 Å². The molecule has 0 unspecified atom stereocenters. The lowest BCUT2D eigenvalue weighted by Crippen LogP contribution is -2.25. The van der Waals surface area contributed by atoms with Crippen molar-refractivity contribution in [3.63, 3.8) is 0 Å². The fourth-order valence-electron chi connectivity index (χ4n) is 2.08. The smallest absolute Gasteiger partial charge is 0.220 e. The van der Waals surface area contributed by atoms with Gasteiger partial charge in [0.15, 0.2) is 0 Å². The van der Waals surface area contributed by atoms with Gasteiger partial charge in [-0.2, -0.15) is 0 Å². The van der Waals surface area contributed by atoms with E-state index in [4.69, 9.17) is 5.73 Å². The number of carbonyl (C=O) groups excluding carboxylic acids is 1. The topological polar surface area (TPSA) is 55.1 Å². The van der Waals surface area contributed by atoms with Gasteiger partial charge in [-0.15, -0.1) is 11.3 Å². The maximum absolute atomic E-state index is 11.6.